The predicted molar refractivity (Wildman–Crippen MR) is 99.3 cm³/mol. The van der Waals surface area contributed by atoms with Crippen molar-refractivity contribution >= 4 is 23.6 Å². The van der Waals surface area contributed by atoms with Crippen LogP contribution in [0.3, 0.4) is 0 Å². The van der Waals surface area contributed by atoms with Crippen LogP contribution in [0.25, 0.3) is 6.08 Å². The maximum Gasteiger partial charge on any atom is 0.244 e. The molecule has 0 fully saturated rings. The van der Waals surface area contributed by atoms with Crippen molar-refractivity contribution in [2.45, 2.75) is 26.2 Å². The van der Waals surface area contributed by atoms with Crippen molar-refractivity contribution < 1.29 is 14.0 Å². The number of anilines is 1. The average molecular weight is 340 g/mol. The first-order valence-electron chi connectivity index (χ1n) is 8.33. The van der Waals surface area contributed by atoms with E-state index in [9.17, 15) is 9.59 Å². The molecule has 2 amide bonds. The van der Waals surface area contributed by atoms with Gasteiger partial charge in [0.05, 0.1) is 6.26 Å². The standard InChI is InChI=1S/C20H24N2O3/c1-15(2)16-6-4-7-17(14-16)22(3)20(24)11-12-21-19(23)10-9-18-8-5-13-25-18/h4-10,13-15H,11-12H2,1-3H3,(H,21,23). The molecule has 0 spiro atoms. The van der Waals surface area contributed by atoms with Crippen molar-refractivity contribution in [2.75, 3.05) is 18.5 Å². The van der Waals surface area contributed by atoms with Crippen molar-refractivity contribution in [2.24, 2.45) is 0 Å². The number of nitrogens with zero attached hydrogens (tertiary/aromatic N) is 1. The summed E-state index contributed by atoms with van der Waals surface area (Å²) >= 11 is 0. The highest BCUT2D eigenvalue weighted by atomic mass is 16.3. The molecule has 2 aromatic rings. The van der Waals surface area contributed by atoms with E-state index in [2.05, 4.69) is 25.2 Å². The molecule has 25 heavy (non-hydrogen) atoms. The van der Waals surface area contributed by atoms with Crippen LogP contribution in [0.1, 0.15) is 37.5 Å². The van der Waals surface area contributed by atoms with E-state index >= 15 is 0 Å². The lowest BCUT2D eigenvalue weighted by Crippen LogP contribution is -2.31. The molecular formula is C20H24N2O3. The molecule has 0 aliphatic carbocycles. The maximum atomic E-state index is 12.3. The van der Waals surface area contributed by atoms with Gasteiger partial charge in [-0.3, -0.25) is 9.59 Å². The van der Waals surface area contributed by atoms with Gasteiger partial charge in [-0.2, -0.15) is 0 Å². The van der Waals surface area contributed by atoms with Gasteiger partial charge >= 0.3 is 0 Å². The van der Waals surface area contributed by atoms with E-state index in [0.717, 1.165) is 5.69 Å². The zero-order chi connectivity index (χ0) is 18.2. The molecule has 0 radical (unpaired) electrons. The highest BCUT2D eigenvalue weighted by molar-refractivity contribution is 5.94. The maximum absolute atomic E-state index is 12.3. The van der Waals surface area contributed by atoms with E-state index in [0.29, 0.717) is 11.7 Å². The van der Waals surface area contributed by atoms with Crippen molar-refractivity contribution in [3.8, 4) is 0 Å². The van der Waals surface area contributed by atoms with Crippen LogP contribution in [0.15, 0.2) is 53.2 Å². The average Bonchev–Trinajstić information content (AvgIpc) is 3.12. The third-order valence-electron chi connectivity index (χ3n) is 3.88. The summed E-state index contributed by atoms with van der Waals surface area (Å²) in [6.07, 6.45) is 4.75. The van der Waals surface area contributed by atoms with Gasteiger partial charge in [0.2, 0.25) is 11.8 Å². The molecule has 1 aromatic carbocycles. The largest absolute Gasteiger partial charge is 0.465 e. The molecule has 1 heterocycles. The fraction of sp³-hybridized carbons (Fsp3) is 0.300. The summed E-state index contributed by atoms with van der Waals surface area (Å²) in [5, 5.41) is 2.70. The monoisotopic (exact) mass is 340 g/mol. The minimum absolute atomic E-state index is 0.0452. The Balaban J connectivity index is 1.81. The lowest BCUT2D eigenvalue weighted by atomic mass is 10.0. The second-order valence-corrected chi connectivity index (χ2v) is 6.09. The Bertz CT molecular complexity index is 733. The quantitative estimate of drug-likeness (QED) is 0.784. The molecule has 0 saturated carbocycles. The zero-order valence-corrected chi connectivity index (χ0v) is 14.9. The smallest absolute Gasteiger partial charge is 0.244 e. The van der Waals surface area contributed by atoms with Crippen LogP contribution < -0.4 is 10.2 Å². The van der Waals surface area contributed by atoms with Gasteiger partial charge in [-0.05, 0) is 41.8 Å². The minimum atomic E-state index is -0.256. The molecule has 0 aliphatic rings. The van der Waals surface area contributed by atoms with Gasteiger partial charge < -0.3 is 14.6 Å². The summed E-state index contributed by atoms with van der Waals surface area (Å²) in [6.45, 7) is 4.52. The van der Waals surface area contributed by atoms with Gasteiger partial charge in [0.15, 0.2) is 0 Å². The van der Waals surface area contributed by atoms with Crippen LogP contribution in [0.4, 0.5) is 5.69 Å². The lowest BCUT2D eigenvalue weighted by Gasteiger charge is -2.19. The number of furan rings is 1. The highest BCUT2D eigenvalue weighted by Crippen LogP contribution is 2.21. The Morgan fingerprint density at radius 1 is 1.24 bits per heavy atom. The minimum Gasteiger partial charge on any atom is -0.465 e. The van der Waals surface area contributed by atoms with Crippen molar-refractivity contribution in [1.29, 1.82) is 0 Å². The molecule has 132 valence electrons. The SMILES string of the molecule is CC(C)c1cccc(N(C)C(=O)CCNC(=O)C=Cc2ccco2)c1. The molecule has 0 saturated heterocycles. The van der Waals surface area contributed by atoms with E-state index < -0.39 is 0 Å². The van der Waals surface area contributed by atoms with Gasteiger partial charge in [-0.25, -0.2) is 0 Å². The van der Waals surface area contributed by atoms with Crippen molar-refractivity contribution in [1.82, 2.24) is 5.32 Å². The number of rotatable bonds is 7. The number of nitrogens with one attached hydrogen (secondary N) is 1. The summed E-state index contributed by atoms with van der Waals surface area (Å²) in [5.74, 6) is 0.713. The van der Waals surface area contributed by atoms with Crippen LogP contribution in [0.2, 0.25) is 0 Å². The van der Waals surface area contributed by atoms with Crippen LogP contribution in [0, 0.1) is 0 Å². The van der Waals surface area contributed by atoms with Crippen LogP contribution in [-0.2, 0) is 9.59 Å². The van der Waals surface area contributed by atoms with Gasteiger partial charge in [-0.15, -0.1) is 0 Å². The number of carbonyl (C=O) groups is 2. The summed E-state index contributed by atoms with van der Waals surface area (Å²) in [4.78, 5) is 25.6. The molecule has 0 unspecified atom stereocenters. The van der Waals surface area contributed by atoms with Crippen LogP contribution >= 0.6 is 0 Å². The Morgan fingerprint density at radius 2 is 2.04 bits per heavy atom. The molecule has 1 N–H and O–H groups in total. The lowest BCUT2D eigenvalue weighted by molar-refractivity contribution is -0.118. The van der Waals surface area contributed by atoms with E-state index in [4.69, 9.17) is 4.42 Å². The van der Waals surface area contributed by atoms with Crippen molar-refractivity contribution in [3.63, 3.8) is 0 Å². The summed E-state index contributed by atoms with van der Waals surface area (Å²) in [5.41, 5.74) is 2.05. The highest BCUT2D eigenvalue weighted by Gasteiger charge is 2.12. The number of amides is 2. The number of benzene rings is 1. The first-order valence-corrected chi connectivity index (χ1v) is 8.33. The Morgan fingerprint density at radius 3 is 2.72 bits per heavy atom. The number of hydrogen-bond donors (Lipinski definition) is 1. The number of hydrogen-bond acceptors (Lipinski definition) is 3. The molecule has 0 atom stereocenters. The van der Waals surface area contributed by atoms with E-state index in [1.165, 1.54) is 11.6 Å². The van der Waals surface area contributed by atoms with E-state index in [-0.39, 0.29) is 24.8 Å². The molecule has 1 aromatic heterocycles. The third kappa shape index (κ3) is 5.64. The Hall–Kier alpha value is -2.82. The van der Waals surface area contributed by atoms with E-state index in [1.807, 2.05) is 18.2 Å². The molecule has 2 rings (SSSR count). The molecule has 5 nitrogen and oxygen atoms in total. The normalized spacial score (nSPS) is 11.0. The fourth-order valence-electron chi connectivity index (χ4n) is 2.30. The first-order chi connectivity index (χ1) is 12.0. The third-order valence-corrected chi connectivity index (χ3v) is 3.88. The van der Waals surface area contributed by atoms with Crippen molar-refractivity contribution in [3.05, 3.63) is 60.1 Å². The first kappa shape index (κ1) is 18.5. The molecule has 5 heteroatoms. The Labute approximate surface area is 148 Å². The summed E-state index contributed by atoms with van der Waals surface area (Å²) in [7, 11) is 1.75. The van der Waals surface area contributed by atoms with Crippen LogP contribution in [-0.4, -0.2) is 25.4 Å². The zero-order valence-electron chi connectivity index (χ0n) is 14.9. The second kappa shape index (κ2) is 8.87. The molecular weight excluding hydrogens is 316 g/mol. The molecule has 0 bridgehead atoms. The Kier molecular flexibility index (Phi) is 6.57. The van der Waals surface area contributed by atoms with Crippen LogP contribution in [0.5, 0.6) is 0 Å². The number of carbonyl (C=O) groups excluding carboxylic acids is 2. The topological polar surface area (TPSA) is 62.6 Å². The summed E-state index contributed by atoms with van der Waals surface area (Å²) < 4.78 is 5.11. The summed E-state index contributed by atoms with van der Waals surface area (Å²) in [6, 6.07) is 11.4. The van der Waals surface area contributed by atoms with Gasteiger partial charge in [0.1, 0.15) is 5.76 Å². The van der Waals surface area contributed by atoms with Gasteiger partial charge in [0, 0.05) is 31.8 Å². The predicted octanol–water partition coefficient (Wildman–Crippen LogP) is 3.59. The molecule has 0 aliphatic heterocycles. The fourth-order valence-corrected chi connectivity index (χ4v) is 2.30. The van der Waals surface area contributed by atoms with Gasteiger partial charge in [0.25, 0.3) is 0 Å². The van der Waals surface area contributed by atoms with Gasteiger partial charge in [-0.1, -0.05) is 26.0 Å². The second-order valence-electron chi connectivity index (χ2n) is 6.09. The van der Waals surface area contributed by atoms with E-state index in [1.54, 1.807) is 36.4 Å².